The Bertz CT molecular complexity index is 672. The first-order valence-electron chi connectivity index (χ1n) is 15.5. The quantitative estimate of drug-likeness (QED) is 0.0906. The molecule has 0 aromatic heterocycles. The number of carbonyl (C=O) groups excluding carboxylic acids is 3. The van der Waals surface area contributed by atoms with Crippen molar-refractivity contribution in [3.63, 3.8) is 0 Å². The van der Waals surface area contributed by atoms with E-state index in [-0.39, 0.29) is 42.6 Å². The highest BCUT2D eigenvalue weighted by Crippen LogP contribution is 2.13. The molecule has 0 aromatic rings. The lowest BCUT2D eigenvalue weighted by Crippen LogP contribution is -2.44. The Morgan fingerprint density at radius 3 is 1.69 bits per heavy atom. The van der Waals surface area contributed by atoms with E-state index in [2.05, 4.69) is 22.9 Å². The Kier molecular flexibility index (Phi) is 23.5. The van der Waals surface area contributed by atoms with Gasteiger partial charge in [-0.1, -0.05) is 97.8 Å². The van der Waals surface area contributed by atoms with Crippen LogP contribution in [0.15, 0.2) is 0 Å². The molecule has 0 bridgehead atoms. The highest BCUT2D eigenvalue weighted by Gasteiger charge is 2.21. The molecule has 9 nitrogen and oxygen atoms in total. The lowest BCUT2D eigenvalue weighted by atomic mass is 10.0. The minimum absolute atomic E-state index is 0.0226. The number of nitrogens with one attached hydrogen (secondary N) is 3. The third-order valence-electron chi connectivity index (χ3n) is 6.92. The van der Waals surface area contributed by atoms with Crippen LogP contribution in [0.5, 0.6) is 0 Å². The summed E-state index contributed by atoms with van der Waals surface area (Å²) in [5, 5.41) is 17.9. The molecular weight excluding hydrogens is 496 g/mol. The van der Waals surface area contributed by atoms with Crippen LogP contribution >= 0.6 is 0 Å². The Morgan fingerprint density at radius 1 is 0.667 bits per heavy atom. The lowest BCUT2D eigenvalue weighted by Gasteiger charge is -2.18. The molecule has 0 radical (unpaired) electrons. The van der Waals surface area contributed by atoms with Gasteiger partial charge in [0.2, 0.25) is 17.7 Å². The predicted octanol–water partition coefficient (Wildman–Crippen LogP) is 4.96. The van der Waals surface area contributed by atoms with E-state index in [1.807, 2.05) is 13.8 Å². The van der Waals surface area contributed by atoms with Crippen LogP contribution in [0.2, 0.25) is 0 Å². The molecule has 0 aliphatic carbocycles. The molecule has 0 heterocycles. The van der Waals surface area contributed by atoms with Crippen LogP contribution in [0.25, 0.3) is 0 Å². The smallest absolute Gasteiger partial charge is 0.326 e. The molecule has 0 aliphatic rings. The predicted molar refractivity (Wildman–Crippen MR) is 157 cm³/mol. The Balaban J connectivity index is 3.88. The number of carbonyl (C=O) groups is 4. The van der Waals surface area contributed by atoms with Gasteiger partial charge in [0.15, 0.2) is 0 Å². The second-order valence-electron chi connectivity index (χ2n) is 11.1. The van der Waals surface area contributed by atoms with E-state index in [4.69, 9.17) is 5.73 Å². The van der Waals surface area contributed by atoms with Gasteiger partial charge in [-0.25, -0.2) is 4.79 Å². The van der Waals surface area contributed by atoms with Gasteiger partial charge < -0.3 is 26.8 Å². The zero-order valence-corrected chi connectivity index (χ0v) is 25.0. The zero-order chi connectivity index (χ0) is 29.3. The second kappa shape index (κ2) is 24.9. The summed E-state index contributed by atoms with van der Waals surface area (Å²) in [6.07, 6.45) is 18.3. The van der Waals surface area contributed by atoms with E-state index in [0.717, 1.165) is 25.7 Å². The molecule has 2 atom stereocenters. The van der Waals surface area contributed by atoms with Gasteiger partial charge in [0, 0.05) is 25.4 Å². The molecule has 6 N–H and O–H groups in total. The zero-order valence-electron chi connectivity index (χ0n) is 25.0. The number of primary amides is 1. The van der Waals surface area contributed by atoms with E-state index in [1.54, 1.807) is 0 Å². The minimum atomic E-state index is -1.13. The molecule has 0 unspecified atom stereocenters. The van der Waals surface area contributed by atoms with Crippen molar-refractivity contribution in [3.8, 4) is 0 Å². The number of carboxylic acids is 1. The lowest BCUT2D eigenvalue weighted by molar-refractivity contribution is -0.142. The number of aliphatic carboxylic acids is 1. The van der Waals surface area contributed by atoms with Crippen LogP contribution < -0.4 is 21.7 Å². The number of hydrogen-bond acceptors (Lipinski definition) is 5. The average Bonchev–Trinajstić information content (AvgIpc) is 2.87. The first kappa shape index (κ1) is 36.8. The molecule has 9 heteroatoms. The Hall–Kier alpha value is -2.16. The van der Waals surface area contributed by atoms with Crippen molar-refractivity contribution in [1.29, 1.82) is 0 Å². The number of rotatable bonds is 27. The largest absolute Gasteiger partial charge is 0.480 e. The fourth-order valence-electron chi connectivity index (χ4n) is 4.60. The van der Waals surface area contributed by atoms with Crippen molar-refractivity contribution in [3.05, 3.63) is 0 Å². The summed E-state index contributed by atoms with van der Waals surface area (Å²) in [5.74, 6) is -2.04. The molecule has 3 amide bonds. The number of nitrogens with two attached hydrogens (primary N) is 1. The number of amides is 3. The van der Waals surface area contributed by atoms with Crippen LogP contribution in [-0.2, 0) is 19.2 Å². The summed E-state index contributed by atoms with van der Waals surface area (Å²) < 4.78 is 0. The van der Waals surface area contributed by atoms with Crippen molar-refractivity contribution >= 4 is 23.7 Å². The minimum Gasteiger partial charge on any atom is -0.480 e. The van der Waals surface area contributed by atoms with E-state index in [9.17, 15) is 24.3 Å². The van der Waals surface area contributed by atoms with Gasteiger partial charge in [-0.3, -0.25) is 14.4 Å². The van der Waals surface area contributed by atoms with Crippen LogP contribution in [0.3, 0.4) is 0 Å². The standard InChI is InChI=1S/C30H58N4O5/c1-4-5-6-7-8-9-10-11-12-13-14-15-16-20-28(36)34-26(30(38)39)21-22-27(35)32-23-18-17-19-25(29(31)37)33-24(2)3/h24-26,33H,4-23H2,1-3H3,(H2,31,37)(H,32,35)(H,34,36)(H,38,39)/t25-,26-/m0/s1. The first-order chi connectivity index (χ1) is 18.7. The van der Waals surface area contributed by atoms with Crippen LogP contribution in [0.1, 0.15) is 143 Å². The van der Waals surface area contributed by atoms with Gasteiger partial charge in [-0.2, -0.15) is 0 Å². The van der Waals surface area contributed by atoms with Crippen molar-refractivity contribution in [2.45, 2.75) is 161 Å². The van der Waals surface area contributed by atoms with Crippen LogP contribution in [-0.4, -0.2) is 53.5 Å². The molecule has 0 saturated heterocycles. The molecule has 0 aromatic carbocycles. The first-order valence-corrected chi connectivity index (χ1v) is 15.5. The Morgan fingerprint density at radius 2 is 1.21 bits per heavy atom. The SMILES string of the molecule is CCCCCCCCCCCCCCCC(=O)N[C@@H](CCC(=O)NCCCC[C@H](NC(C)C)C(N)=O)C(=O)O. The van der Waals surface area contributed by atoms with Crippen molar-refractivity contribution < 1.29 is 24.3 Å². The second-order valence-corrected chi connectivity index (χ2v) is 11.1. The summed E-state index contributed by atoms with van der Waals surface area (Å²) in [4.78, 5) is 47.3. The maximum Gasteiger partial charge on any atom is 0.326 e. The molecular formula is C30H58N4O5. The molecule has 0 aliphatic heterocycles. The van der Waals surface area contributed by atoms with Gasteiger partial charge in [0.25, 0.3) is 0 Å². The molecule has 39 heavy (non-hydrogen) atoms. The fraction of sp³-hybridized carbons (Fsp3) is 0.867. The Labute approximate surface area is 237 Å². The van der Waals surface area contributed by atoms with Crippen molar-refractivity contribution in [2.24, 2.45) is 5.73 Å². The molecule has 0 saturated carbocycles. The fourth-order valence-corrected chi connectivity index (χ4v) is 4.60. The van der Waals surface area contributed by atoms with Gasteiger partial charge in [0.05, 0.1) is 6.04 Å². The third-order valence-corrected chi connectivity index (χ3v) is 6.92. The van der Waals surface area contributed by atoms with Crippen molar-refractivity contribution in [2.75, 3.05) is 6.54 Å². The van der Waals surface area contributed by atoms with Crippen molar-refractivity contribution in [1.82, 2.24) is 16.0 Å². The maximum absolute atomic E-state index is 12.2. The number of unbranched alkanes of at least 4 members (excludes halogenated alkanes) is 13. The monoisotopic (exact) mass is 554 g/mol. The van der Waals surface area contributed by atoms with Crippen LogP contribution in [0.4, 0.5) is 0 Å². The molecule has 228 valence electrons. The summed E-state index contributed by atoms with van der Waals surface area (Å²) in [5.41, 5.74) is 5.40. The third kappa shape index (κ3) is 23.4. The topological polar surface area (TPSA) is 151 Å². The van der Waals surface area contributed by atoms with Crippen LogP contribution in [0, 0.1) is 0 Å². The van der Waals surface area contributed by atoms with E-state index < -0.39 is 12.0 Å². The summed E-state index contributed by atoms with van der Waals surface area (Å²) >= 11 is 0. The molecule has 0 rings (SSSR count). The highest BCUT2D eigenvalue weighted by molar-refractivity contribution is 5.84. The normalized spacial score (nSPS) is 12.7. The van der Waals surface area contributed by atoms with E-state index >= 15 is 0 Å². The molecule has 0 fully saturated rings. The molecule has 0 spiro atoms. The van der Waals surface area contributed by atoms with Gasteiger partial charge in [0.1, 0.15) is 6.04 Å². The highest BCUT2D eigenvalue weighted by atomic mass is 16.4. The number of carboxylic acid groups (broad SMARTS) is 1. The maximum atomic E-state index is 12.2. The summed E-state index contributed by atoms with van der Waals surface area (Å²) in [6.45, 7) is 6.58. The van der Waals surface area contributed by atoms with E-state index in [1.165, 1.54) is 64.2 Å². The van der Waals surface area contributed by atoms with E-state index in [0.29, 0.717) is 25.8 Å². The van der Waals surface area contributed by atoms with Gasteiger partial charge in [-0.05, 0) is 32.1 Å². The van der Waals surface area contributed by atoms with Gasteiger partial charge in [-0.15, -0.1) is 0 Å². The van der Waals surface area contributed by atoms with Gasteiger partial charge >= 0.3 is 5.97 Å². The summed E-state index contributed by atoms with van der Waals surface area (Å²) in [6, 6.07) is -1.30. The summed E-state index contributed by atoms with van der Waals surface area (Å²) in [7, 11) is 0. The average molecular weight is 555 g/mol. The number of hydrogen-bond donors (Lipinski definition) is 5.